The van der Waals surface area contributed by atoms with E-state index in [9.17, 15) is 22.4 Å². The molecule has 0 radical (unpaired) electrons. The van der Waals surface area contributed by atoms with E-state index in [4.69, 9.17) is 4.74 Å². The number of aryl methyl sites for hydroxylation is 2. The third-order valence-electron chi connectivity index (χ3n) is 7.62. The summed E-state index contributed by atoms with van der Waals surface area (Å²) in [4.78, 5) is 31.5. The van der Waals surface area contributed by atoms with Crippen molar-refractivity contribution in [1.82, 2.24) is 9.55 Å². The van der Waals surface area contributed by atoms with Crippen molar-refractivity contribution in [2.45, 2.75) is 76.3 Å². The van der Waals surface area contributed by atoms with Gasteiger partial charge < -0.3 is 9.30 Å². The summed E-state index contributed by atoms with van der Waals surface area (Å²) in [6.45, 7) is 7.84. The van der Waals surface area contributed by atoms with Crippen LogP contribution in [0.15, 0.2) is 66.1 Å². The van der Waals surface area contributed by atoms with Crippen LogP contribution >= 0.6 is 0 Å². The standard InChI is InChI=1S/C31H38FN3O5S/c1-6-15-31(16-14-21-10-12-23(32)13-11-21)18-25(36)27(29(37)40-31)28(30(2,3)4)22-8-7-9-24(17-22)34-41(38,39)26-19-35(5)20-33-26/h7-13,17,19-20,27-28,34H,6,14-16,18H2,1-5H3. The zero-order valence-electron chi connectivity index (χ0n) is 24.2. The van der Waals surface area contributed by atoms with Gasteiger partial charge in [-0.15, -0.1) is 0 Å². The molecule has 0 spiro atoms. The monoisotopic (exact) mass is 583 g/mol. The highest BCUT2D eigenvalue weighted by Crippen LogP contribution is 2.47. The van der Waals surface area contributed by atoms with Gasteiger partial charge in [0.1, 0.15) is 17.3 Å². The number of benzene rings is 2. The van der Waals surface area contributed by atoms with Gasteiger partial charge in [0.2, 0.25) is 0 Å². The van der Waals surface area contributed by atoms with Crippen LogP contribution in [0.4, 0.5) is 10.1 Å². The Morgan fingerprint density at radius 3 is 2.44 bits per heavy atom. The zero-order valence-corrected chi connectivity index (χ0v) is 25.0. The van der Waals surface area contributed by atoms with E-state index < -0.39 is 38.8 Å². The van der Waals surface area contributed by atoms with Gasteiger partial charge in [-0.1, -0.05) is 58.4 Å². The molecule has 1 aromatic heterocycles. The summed E-state index contributed by atoms with van der Waals surface area (Å²) in [6, 6.07) is 13.0. The SMILES string of the molecule is CCCC1(CCc2ccc(F)cc2)CC(=O)C(C(c2cccc(NS(=O)(=O)c3cn(C)cn3)c2)C(C)(C)C)C(=O)O1. The number of anilines is 1. The number of hydrogen-bond donors (Lipinski definition) is 1. The number of imidazole rings is 1. The topological polar surface area (TPSA) is 107 Å². The second-order valence-corrected chi connectivity index (χ2v) is 13.7. The Morgan fingerprint density at radius 2 is 1.85 bits per heavy atom. The molecule has 1 N–H and O–H groups in total. The summed E-state index contributed by atoms with van der Waals surface area (Å²) >= 11 is 0. The molecule has 2 heterocycles. The molecule has 0 bridgehead atoms. The Labute approximate surface area is 241 Å². The number of carbonyl (C=O) groups is 2. The maximum atomic E-state index is 13.8. The molecule has 3 atom stereocenters. The largest absolute Gasteiger partial charge is 0.458 e. The number of halogens is 1. The molecule has 8 nitrogen and oxygen atoms in total. The molecule has 1 saturated heterocycles. The van der Waals surface area contributed by atoms with E-state index in [1.807, 2.05) is 27.7 Å². The van der Waals surface area contributed by atoms with Gasteiger partial charge in [-0.05, 0) is 60.1 Å². The molecule has 2 aromatic carbocycles. The van der Waals surface area contributed by atoms with E-state index in [-0.39, 0.29) is 23.0 Å². The highest BCUT2D eigenvalue weighted by molar-refractivity contribution is 7.92. The first-order valence-corrected chi connectivity index (χ1v) is 15.3. The number of hydrogen-bond acceptors (Lipinski definition) is 6. The number of ether oxygens (including phenoxy) is 1. The van der Waals surface area contributed by atoms with Crippen molar-refractivity contribution < 1.29 is 27.1 Å². The summed E-state index contributed by atoms with van der Waals surface area (Å²) in [7, 11) is -2.25. The average Bonchev–Trinajstić information content (AvgIpc) is 3.33. The predicted octanol–water partition coefficient (Wildman–Crippen LogP) is 5.79. The van der Waals surface area contributed by atoms with Gasteiger partial charge in [0, 0.05) is 31.3 Å². The van der Waals surface area contributed by atoms with Crippen molar-refractivity contribution in [3.63, 3.8) is 0 Å². The minimum atomic E-state index is -3.93. The molecule has 0 aliphatic carbocycles. The number of esters is 1. The van der Waals surface area contributed by atoms with Crippen LogP contribution in [-0.4, -0.2) is 35.3 Å². The fourth-order valence-electron chi connectivity index (χ4n) is 5.80. The lowest BCUT2D eigenvalue weighted by molar-refractivity contribution is -0.182. The van der Waals surface area contributed by atoms with Crippen LogP contribution < -0.4 is 4.72 Å². The number of nitrogens with zero attached hydrogens (tertiary/aromatic N) is 2. The first-order valence-electron chi connectivity index (χ1n) is 13.8. The van der Waals surface area contributed by atoms with Gasteiger partial charge in [0.15, 0.2) is 10.8 Å². The lowest BCUT2D eigenvalue weighted by Gasteiger charge is -2.44. The number of sulfonamides is 1. The first kappa shape index (κ1) is 30.4. The van der Waals surface area contributed by atoms with E-state index in [1.54, 1.807) is 48.0 Å². The molecular formula is C31H38FN3O5S. The van der Waals surface area contributed by atoms with Gasteiger partial charge in [0.25, 0.3) is 10.0 Å². The molecule has 3 aromatic rings. The van der Waals surface area contributed by atoms with Crippen molar-refractivity contribution in [3.8, 4) is 0 Å². The quantitative estimate of drug-likeness (QED) is 0.239. The van der Waals surface area contributed by atoms with E-state index in [0.29, 0.717) is 30.5 Å². The molecule has 41 heavy (non-hydrogen) atoms. The summed E-state index contributed by atoms with van der Waals surface area (Å²) in [5.41, 5.74) is 0.416. The lowest BCUT2D eigenvalue weighted by Crippen LogP contribution is -2.51. The van der Waals surface area contributed by atoms with E-state index >= 15 is 0 Å². The fourth-order valence-corrected chi connectivity index (χ4v) is 6.83. The zero-order chi connectivity index (χ0) is 30.0. The van der Waals surface area contributed by atoms with Crippen LogP contribution in [0, 0.1) is 17.2 Å². The van der Waals surface area contributed by atoms with Gasteiger partial charge in [-0.2, -0.15) is 8.42 Å². The molecule has 3 unspecified atom stereocenters. The number of ketones is 1. The summed E-state index contributed by atoms with van der Waals surface area (Å²) in [5, 5.41) is -0.114. The molecule has 1 aliphatic rings. The maximum absolute atomic E-state index is 13.8. The Balaban J connectivity index is 1.60. The Hall–Kier alpha value is -3.53. The smallest absolute Gasteiger partial charge is 0.317 e. The highest BCUT2D eigenvalue weighted by atomic mass is 32.2. The van der Waals surface area contributed by atoms with Crippen molar-refractivity contribution in [1.29, 1.82) is 0 Å². The third kappa shape index (κ3) is 7.04. The van der Waals surface area contributed by atoms with Crippen LogP contribution in [0.5, 0.6) is 0 Å². The first-order chi connectivity index (χ1) is 19.2. The van der Waals surface area contributed by atoms with E-state index in [1.165, 1.54) is 24.7 Å². The molecular weight excluding hydrogens is 545 g/mol. The minimum absolute atomic E-state index is 0.0943. The Morgan fingerprint density at radius 1 is 1.15 bits per heavy atom. The van der Waals surface area contributed by atoms with Crippen LogP contribution in [0.2, 0.25) is 0 Å². The predicted molar refractivity (Wildman–Crippen MR) is 154 cm³/mol. The molecule has 1 aliphatic heterocycles. The number of aromatic nitrogens is 2. The number of carbonyl (C=O) groups excluding carboxylic acids is 2. The number of cyclic esters (lactones) is 1. The van der Waals surface area contributed by atoms with E-state index in [2.05, 4.69) is 9.71 Å². The van der Waals surface area contributed by atoms with Gasteiger partial charge in [-0.3, -0.25) is 14.3 Å². The number of Topliss-reactive ketones (excluding diaryl/α,β-unsaturated/α-hetero) is 1. The Kier molecular flexibility index (Phi) is 8.73. The summed E-state index contributed by atoms with van der Waals surface area (Å²) in [5.74, 6) is -2.66. The maximum Gasteiger partial charge on any atom is 0.317 e. The molecule has 10 heteroatoms. The Bertz CT molecular complexity index is 1490. The number of rotatable bonds is 10. The van der Waals surface area contributed by atoms with Crippen LogP contribution in [0.1, 0.15) is 70.4 Å². The van der Waals surface area contributed by atoms with Gasteiger partial charge in [0.05, 0.1) is 6.33 Å². The summed E-state index contributed by atoms with van der Waals surface area (Å²) in [6.07, 6.45) is 5.18. The lowest BCUT2D eigenvalue weighted by atomic mass is 9.65. The second kappa shape index (κ2) is 11.8. The van der Waals surface area contributed by atoms with Crippen molar-refractivity contribution in [3.05, 3.63) is 78.0 Å². The molecule has 1 fully saturated rings. The van der Waals surface area contributed by atoms with Crippen LogP contribution in [-0.2, 0) is 37.8 Å². The van der Waals surface area contributed by atoms with Crippen LogP contribution in [0.25, 0.3) is 0 Å². The third-order valence-corrected chi connectivity index (χ3v) is 8.89. The van der Waals surface area contributed by atoms with Crippen molar-refractivity contribution in [2.24, 2.45) is 18.4 Å². The summed E-state index contributed by atoms with van der Waals surface area (Å²) < 4.78 is 49.4. The minimum Gasteiger partial charge on any atom is -0.458 e. The average molecular weight is 584 g/mol. The second-order valence-electron chi connectivity index (χ2n) is 12.1. The fraction of sp³-hybridized carbons (Fsp3) is 0.452. The molecule has 4 rings (SSSR count). The highest BCUT2D eigenvalue weighted by Gasteiger charge is 2.51. The molecule has 0 amide bonds. The van der Waals surface area contributed by atoms with Crippen molar-refractivity contribution >= 4 is 27.5 Å². The van der Waals surface area contributed by atoms with Gasteiger partial charge in [-0.25, -0.2) is 9.37 Å². The normalized spacial score (nSPS) is 20.5. The molecule has 220 valence electrons. The van der Waals surface area contributed by atoms with Crippen molar-refractivity contribution in [2.75, 3.05) is 4.72 Å². The van der Waals surface area contributed by atoms with E-state index in [0.717, 1.165) is 12.0 Å². The van der Waals surface area contributed by atoms with Crippen LogP contribution in [0.3, 0.4) is 0 Å². The number of nitrogens with one attached hydrogen (secondary N) is 1. The molecule has 0 saturated carbocycles. The van der Waals surface area contributed by atoms with Gasteiger partial charge >= 0.3 is 5.97 Å².